The van der Waals surface area contributed by atoms with Gasteiger partial charge >= 0.3 is 11.9 Å². The second kappa shape index (κ2) is 25.4. The van der Waals surface area contributed by atoms with E-state index in [-0.39, 0.29) is 11.8 Å². The van der Waals surface area contributed by atoms with Gasteiger partial charge in [-0.05, 0) is 151 Å². The molecule has 356 valence electrons. The number of aliphatic hydroxyl groups is 6. The van der Waals surface area contributed by atoms with Gasteiger partial charge in [-0.1, -0.05) is 24.3 Å². The van der Waals surface area contributed by atoms with Crippen molar-refractivity contribution in [3.05, 3.63) is 58.7 Å². The molecule has 4 fully saturated rings. The number of nitrogens with zero attached hydrogens (tertiary/aromatic N) is 2. The highest BCUT2D eigenvalue weighted by molar-refractivity contribution is 5.70. The first kappa shape index (κ1) is 54.0. The molecular formula is C48H72N4O12. The maximum Gasteiger partial charge on any atom is 0.306 e. The molecule has 0 amide bonds. The molecule has 64 heavy (non-hydrogen) atoms. The maximum atomic E-state index is 11.2. The summed E-state index contributed by atoms with van der Waals surface area (Å²) >= 11 is 0. The Morgan fingerprint density at radius 1 is 0.578 bits per heavy atom. The SMILES string of the molecule is Cc1ccc(C2(C#N)CCC(C(=O)O)CC2)cc1OC1CCCC1.Cc1ccc(C2(C#N)CCC(C(=O)O)CC2)cc1OC1CCCC1.NC(CO)(CO)CO.NC(CO)(CO)CO. The zero-order valence-corrected chi connectivity index (χ0v) is 37.6. The molecule has 0 saturated heterocycles. The summed E-state index contributed by atoms with van der Waals surface area (Å²) in [6.07, 6.45) is 14.6. The van der Waals surface area contributed by atoms with Crippen molar-refractivity contribution in [1.29, 1.82) is 10.5 Å². The highest BCUT2D eigenvalue weighted by Gasteiger charge is 2.41. The number of nitriles is 2. The number of carboxylic acid groups (broad SMARTS) is 2. The van der Waals surface area contributed by atoms with Crippen molar-refractivity contribution in [1.82, 2.24) is 0 Å². The second-order valence-electron chi connectivity index (χ2n) is 18.3. The molecule has 16 heteroatoms. The van der Waals surface area contributed by atoms with Crippen molar-refractivity contribution in [3.63, 3.8) is 0 Å². The zero-order valence-electron chi connectivity index (χ0n) is 37.6. The van der Waals surface area contributed by atoms with E-state index in [2.05, 4.69) is 12.1 Å². The van der Waals surface area contributed by atoms with Gasteiger partial charge in [0.25, 0.3) is 0 Å². The molecule has 0 spiro atoms. The van der Waals surface area contributed by atoms with Gasteiger partial charge < -0.3 is 61.8 Å². The topological polar surface area (TPSA) is 314 Å². The molecule has 6 rings (SSSR count). The van der Waals surface area contributed by atoms with Crippen LogP contribution in [0.4, 0.5) is 0 Å². The third-order valence-corrected chi connectivity index (χ3v) is 13.4. The summed E-state index contributed by atoms with van der Waals surface area (Å²) in [6, 6.07) is 17.1. The van der Waals surface area contributed by atoms with Gasteiger partial charge in [0.1, 0.15) is 11.5 Å². The number of benzene rings is 2. The Labute approximate surface area is 377 Å². The first-order chi connectivity index (χ1) is 30.4. The zero-order chi connectivity index (χ0) is 47.6. The van der Waals surface area contributed by atoms with Gasteiger partial charge in [-0.2, -0.15) is 10.5 Å². The van der Waals surface area contributed by atoms with Gasteiger partial charge in [-0.15, -0.1) is 0 Å². The van der Waals surface area contributed by atoms with Crippen LogP contribution < -0.4 is 20.9 Å². The Morgan fingerprint density at radius 2 is 0.859 bits per heavy atom. The van der Waals surface area contributed by atoms with E-state index in [9.17, 15) is 30.3 Å². The molecule has 16 nitrogen and oxygen atoms in total. The molecule has 0 aliphatic heterocycles. The minimum absolute atomic E-state index is 0.291. The van der Waals surface area contributed by atoms with Gasteiger partial charge in [-0.25, -0.2) is 0 Å². The molecule has 2 aromatic carbocycles. The van der Waals surface area contributed by atoms with Crippen LogP contribution in [0.1, 0.15) is 125 Å². The molecule has 2 aromatic rings. The second-order valence-corrected chi connectivity index (χ2v) is 18.3. The van der Waals surface area contributed by atoms with Crippen LogP contribution in [0, 0.1) is 48.3 Å². The largest absolute Gasteiger partial charge is 0.490 e. The minimum Gasteiger partial charge on any atom is -0.490 e. The summed E-state index contributed by atoms with van der Waals surface area (Å²) in [5.41, 5.74) is 10.9. The first-order valence-electron chi connectivity index (χ1n) is 22.5. The van der Waals surface area contributed by atoms with Crippen LogP contribution in [0.3, 0.4) is 0 Å². The van der Waals surface area contributed by atoms with E-state index in [4.69, 9.17) is 51.6 Å². The van der Waals surface area contributed by atoms with E-state index < -0.39 is 73.5 Å². The number of aliphatic carboxylic acids is 2. The summed E-state index contributed by atoms with van der Waals surface area (Å²) in [4.78, 5) is 22.4. The normalized spacial score (nSPS) is 23.7. The molecule has 0 bridgehead atoms. The van der Waals surface area contributed by atoms with Crippen molar-refractivity contribution >= 4 is 11.9 Å². The number of rotatable bonds is 14. The molecular weight excluding hydrogens is 825 g/mol. The highest BCUT2D eigenvalue weighted by Crippen LogP contribution is 2.44. The number of carbonyl (C=O) groups is 2. The predicted molar refractivity (Wildman–Crippen MR) is 238 cm³/mol. The molecule has 12 N–H and O–H groups in total. The predicted octanol–water partition coefficient (Wildman–Crippen LogP) is 4.03. The maximum absolute atomic E-state index is 11.2. The smallest absolute Gasteiger partial charge is 0.306 e. The van der Waals surface area contributed by atoms with Crippen LogP contribution in [-0.4, -0.2) is 116 Å². The summed E-state index contributed by atoms with van der Waals surface area (Å²) in [5.74, 6) is -0.340. The van der Waals surface area contributed by atoms with E-state index in [1.807, 2.05) is 50.2 Å². The van der Waals surface area contributed by atoms with Gasteiger partial charge in [-0.3, -0.25) is 9.59 Å². The van der Waals surface area contributed by atoms with Gasteiger partial charge in [0.05, 0.1) is 97.7 Å². The Kier molecular flexibility index (Phi) is 21.4. The molecule has 0 radical (unpaired) electrons. The molecule has 4 saturated carbocycles. The first-order valence-corrected chi connectivity index (χ1v) is 22.5. The Balaban J connectivity index is 0.000000256. The van der Waals surface area contributed by atoms with E-state index in [0.29, 0.717) is 63.6 Å². The number of aliphatic hydroxyl groups excluding tert-OH is 6. The summed E-state index contributed by atoms with van der Waals surface area (Å²) in [6.45, 7) is 1.66. The molecule has 0 heterocycles. The van der Waals surface area contributed by atoms with Crippen LogP contribution in [0.2, 0.25) is 0 Å². The van der Waals surface area contributed by atoms with Crippen LogP contribution in [0.5, 0.6) is 11.5 Å². The van der Waals surface area contributed by atoms with E-state index in [1.165, 1.54) is 25.7 Å². The van der Waals surface area contributed by atoms with Crippen LogP contribution >= 0.6 is 0 Å². The fourth-order valence-electron chi connectivity index (χ4n) is 8.37. The lowest BCUT2D eigenvalue weighted by atomic mass is 9.67. The van der Waals surface area contributed by atoms with Crippen molar-refractivity contribution in [2.24, 2.45) is 23.3 Å². The van der Waals surface area contributed by atoms with Gasteiger partial charge in [0.15, 0.2) is 0 Å². The van der Waals surface area contributed by atoms with Crippen molar-refractivity contribution in [2.75, 3.05) is 39.6 Å². The fraction of sp³-hybridized carbons (Fsp3) is 0.667. The number of ether oxygens (including phenoxy) is 2. The number of carboxylic acids is 2. The summed E-state index contributed by atoms with van der Waals surface area (Å²) in [5, 5.41) is 88.1. The quantitative estimate of drug-likeness (QED) is 0.128. The van der Waals surface area contributed by atoms with Gasteiger partial charge in [0.2, 0.25) is 0 Å². The Bertz CT molecular complexity index is 1690. The molecule has 0 unspecified atom stereocenters. The van der Waals surface area contributed by atoms with Crippen molar-refractivity contribution < 1.29 is 59.9 Å². The van der Waals surface area contributed by atoms with Crippen molar-refractivity contribution in [3.8, 4) is 23.6 Å². The van der Waals surface area contributed by atoms with Crippen LogP contribution in [-0.2, 0) is 20.4 Å². The number of hydrogen-bond acceptors (Lipinski definition) is 14. The van der Waals surface area contributed by atoms with Gasteiger partial charge in [0, 0.05) is 0 Å². The Morgan fingerprint density at radius 3 is 1.08 bits per heavy atom. The van der Waals surface area contributed by atoms with E-state index >= 15 is 0 Å². The fourth-order valence-corrected chi connectivity index (χ4v) is 8.37. The van der Waals surface area contributed by atoms with Crippen LogP contribution in [0.15, 0.2) is 36.4 Å². The Hall–Kier alpha value is -4.36. The lowest BCUT2D eigenvalue weighted by molar-refractivity contribution is -0.144. The average Bonchev–Trinajstić information content (AvgIpc) is 4.05. The monoisotopic (exact) mass is 897 g/mol. The standard InChI is InChI=1S/2C20H25NO3.2C4H11NO3/c2*1-14-6-7-16(12-18(14)24-17-4-2-3-5-17)20(13-21)10-8-15(9-11-20)19(22)23;2*5-4(1-6,2-7)3-8/h2*6-7,12,15,17H,2-5,8-11H2,1H3,(H,22,23);2*6-8H,1-3,5H2. The average molecular weight is 897 g/mol. The molecule has 4 aliphatic rings. The molecule has 0 aromatic heterocycles. The van der Waals surface area contributed by atoms with Crippen LogP contribution in [0.25, 0.3) is 0 Å². The summed E-state index contributed by atoms with van der Waals surface area (Å²) in [7, 11) is 0. The molecule has 0 atom stereocenters. The number of nitrogens with two attached hydrogens (primary N) is 2. The van der Waals surface area contributed by atoms with Crippen molar-refractivity contribution in [2.45, 2.75) is 151 Å². The number of hydrogen-bond donors (Lipinski definition) is 10. The lowest BCUT2D eigenvalue weighted by Crippen LogP contribution is -2.50. The van der Waals surface area contributed by atoms with E-state index in [1.54, 1.807) is 0 Å². The highest BCUT2D eigenvalue weighted by atomic mass is 16.5. The lowest BCUT2D eigenvalue weighted by Gasteiger charge is -2.34. The minimum atomic E-state index is -1.21. The summed E-state index contributed by atoms with van der Waals surface area (Å²) < 4.78 is 12.4. The third kappa shape index (κ3) is 14.8. The van der Waals surface area contributed by atoms with E-state index in [0.717, 1.165) is 59.4 Å². The number of aryl methyl sites for hydroxylation is 2. The molecule has 4 aliphatic carbocycles. The third-order valence-electron chi connectivity index (χ3n) is 13.4.